The molecule has 1 aromatic heterocycles. The Kier molecular flexibility index (Phi) is 2.68. The number of nitrogens with zero attached hydrogens (tertiary/aromatic N) is 1. The van der Waals surface area contributed by atoms with Gasteiger partial charge in [-0.25, -0.2) is 4.79 Å². The zero-order chi connectivity index (χ0) is 13.5. The number of nitriles is 1. The molecule has 5 heteroatoms. The summed E-state index contributed by atoms with van der Waals surface area (Å²) >= 11 is 0. The van der Waals surface area contributed by atoms with E-state index in [1.165, 1.54) is 0 Å². The fraction of sp³-hybridized carbons (Fsp3) is 0.429. The number of oxazole rings is 1. The first-order valence-corrected chi connectivity index (χ1v) is 6.30. The highest BCUT2D eigenvalue weighted by atomic mass is 16.5. The number of nitrogens with one attached hydrogen (secondary N) is 1. The molecule has 98 valence electrons. The fourth-order valence-corrected chi connectivity index (χ4v) is 2.75. The molecule has 1 aliphatic heterocycles. The number of hydrogen-bond acceptors (Lipinski definition) is 4. The third kappa shape index (κ3) is 1.68. The number of aromatic nitrogens is 1. The molecule has 2 aromatic rings. The topological polar surface area (TPSA) is 79.0 Å². The van der Waals surface area contributed by atoms with Crippen molar-refractivity contribution in [2.75, 3.05) is 13.2 Å². The zero-order valence-electron chi connectivity index (χ0n) is 10.6. The maximum atomic E-state index is 11.2. The molecule has 3 rings (SSSR count). The van der Waals surface area contributed by atoms with Crippen LogP contribution in [0.4, 0.5) is 0 Å². The van der Waals surface area contributed by atoms with Crippen LogP contribution >= 0.6 is 0 Å². The molecule has 0 spiro atoms. The summed E-state index contributed by atoms with van der Waals surface area (Å²) < 4.78 is 10.4. The van der Waals surface area contributed by atoms with E-state index in [9.17, 15) is 10.1 Å². The smallest absolute Gasteiger partial charge is 0.408 e. The minimum Gasteiger partial charge on any atom is -0.408 e. The summed E-state index contributed by atoms with van der Waals surface area (Å²) in [5, 5.41) is 9.32. The van der Waals surface area contributed by atoms with Gasteiger partial charge in [0.15, 0.2) is 5.58 Å². The van der Waals surface area contributed by atoms with E-state index in [0.717, 1.165) is 12.0 Å². The van der Waals surface area contributed by atoms with Crippen LogP contribution in [0, 0.1) is 17.2 Å². The van der Waals surface area contributed by atoms with Crippen LogP contribution in [0.15, 0.2) is 27.4 Å². The van der Waals surface area contributed by atoms with Crippen LogP contribution in [0.1, 0.15) is 18.9 Å². The van der Waals surface area contributed by atoms with Gasteiger partial charge < -0.3 is 9.15 Å². The Morgan fingerprint density at radius 2 is 2.32 bits per heavy atom. The normalized spacial score (nSPS) is 18.7. The van der Waals surface area contributed by atoms with Crippen molar-refractivity contribution in [3.05, 3.63) is 34.3 Å². The Hall–Kier alpha value is -2.06. The Morgan fingerprint density at radius 1 is 1.53 bits per heavy atom. The molecule has 0 radical (unpaired) electrons. The fourth-order valence-electron chi connectivity index (χ4n) is 2.75. The van der Waals surface area contributed by atoms with Gasteiger partial charge in [0.05, 0.1) is 36.1 Å². The summed E-state index contributed by atoms with van der Waals surface area (Å²) in [5.41, 5.74) is 1.94. The number of ether oxygens (including phenoxy) is 1. The lowest BCUT2D eigenvalue weighted by atomic mass is 9.68. The second kappa shape index (κ2) is 4.25. The van der Waals surface area contributed by atoms with E-state index in [-0.39, 0.29) is 11.3 Å². The summed E-state index contributed by atoms with van der Waals surface area (Å²) in [5.74, 6) is -0.553. The van der Waals surface area contributed by atoms with Gasteiger partial charge in [-0.15, -0.1) is 0 Å². The molecule has 1 N–H and O–H groups in total. The molecule has 0 saturated carbocycles. The van der Waals surface area contributed by atoms with Gasteiger partial charge in [0.2, 0.25) is 0 Å². The van der Waals surface area contributed by atoms with Crippen molar-refractivity contribution in [1.82, 2.24) is 4.98 Å². The molecule has 2 heterocycles. The summed E-state index contributed by atoms with van der Waals surface area (Å²) in [6.45, 7) is 3.08. The predicted octanol–water partition coefficient (Wildman–Crippen LogP) is 1.94. The van der Waals surface area contributed by atoms with Gasteiger partial charge in [-0.05, 0) is 24.1 Å². The average Bonchev–Trinajstić information content (AvgIpc) is 2.72. The minimum absolute atomic E-state index is 0.0932. The monoisotopic (exact) mass is 258 g/mol. The lowest BCUT2D eigenvalue weighted by Crippen LogP contribution is -2.51. The van der Waals surface area contributed by atoms with Crippen molar-refractivity contribution in [2.45, 2.75) is 18.8 Å². The number of hydrogen-bond donors (Lipinski definition) is 1. The average molecular weight is 258 g/mol. The first-order valence-electron chi connectivity index (χ1n) is 6.30. The van der Waals surface area contributed by atoms with Crippen LogP contribution in [0.25, 0.3) is 11.1 Å². The van der Waals surface area contributed by atoms with Crippen LogP contribution in [0.3, 0.4) is 0 Å². The number of H-pyrrole nitrogens is 1. The van der Waals surface area contributed by atoms with Crippen LogP contribution in [0.5, 0.6) is 0 Å². The predicted molar refractivity (Wildman–Crippen MR) is 68.7 cm³/mol. The molecule has 1 unspecified atom stereocenters. The maximum Gasteiger partial charge on any atom is 0.417 e. The number of fused-ring (bicyclic) bond motifs is 1. The number of rotatable bonds is 3. The number of benzene rings is 1. The molecular formula is C14H14N2O3. The third-order valence-electron chi connectivity index (χ3n) is 3.95. The van der Waals surface area contributed by atoms with E-state index in [1.54, 1.807) is 0 Å². The van der Waals surface area contributed by atoms with Gasteiger partial charge in [0, 0.05) is 0 Å². The van der Waals surface area contributed by atoms with Crippen molar-refractivity contribution in [1.29, 1.82) is 5.26 Å². The lowest BCUT2D eigenvalue weighted by Gasteiger charge is -2.44. The zero-order valence-corrected chi connectivity index (χ0v) is 10.6. The second-order valence-electron chi connectivity index (χ2n) is 4.96. The van der Waals surface area contributed by atoms with Crippen LogP contribution in [-0.4, -0.2) is 18.2 Å². The van der Waals surface area contributed by atoms with Crippen LogP contribution in [-0.2, 0) is 10.2 Å². The van der Waals surface area contributed by atoms with Gasteiger partial charge in [-0.3, -0.25) is 4.98 Å². The maximum absolute atomic E-state index is 11.2. The first-order chi connectivity index (χ1) is 9.19. The molecule has 1 aromatic carbocycles. The minimum atomic E-state index is -0.460. The molecule has 0 amide bonds. The lowest BCUT2D eigenvalue weighted by molar-refractivity contribution is -0.0804. The van der Waals surface area contributed by atoms with Crippen LogP contribution < -0.4 is 5.76 Å². The van der Waals surface area contributed by atoms with E-state index >= 15 is 0 Å². The van der Waals surface area contributed by atoms with Crippen LogP contribution in [0.2, 0.25) is 0 Å². The highest BCUT2D eigenvalue weighted by molar-refractivity contribution is 5.73. The van der Waals surface area contributed by atoms with E-state index in [1.807, 2.05) is 25.1 Å². The Bertz CT molecular complexity index is 703. The van der Waals surface area contributed by atoms with E-state index in [2.05, 4.69) is 11.1 Å². The Balaban J connectivity index is 2.11. The van der Waals surface area contributed by atoms with Crippen molar-refractivity contribution in [2.24, 2.45) is 5.92 Å². The summed E-state index contributed by atoms with van der Waals surface area (Å²) in [4.78, 5) is 13.8. The molecule has 1 aliphatic rings. The first kappa shape index (κ1) is 12.0. The Morgan fingerprint density at radius 3 is 2.89 bits per heavy atom. The molecule has 19 heavy (non-hydrogen) atoms. The second-order valence-corrected chi connectivity index (χ2v) is 4.96. The highest BCUT2D eigenvalue weighted by Crippen LogP contribution is 2.41. The van der Waals surface area contributed by atoms with E-state index in [4.69, 9.17) is 9.15 Å². The van der Waals surface area contributed by atoms with Gasteiger partial charge in [0.1, 0.15) is 0 Å². The van der Waals surface area contributed by atoms with Crippen molar-refractivity contribution in [3.8, 4) is 6.07 Å². The highest BCUT2D eigenvalue weighted by Gasteiger charge is 2.46. The molecule has 1 saturated heterocycles. The molecular weight excluding hydrogens is 244 g/mol. The number of aromatic amines is 1. The molecule has 1 atom stereocenters. The van der Waals surface area contributed by atoms with Gasteiger partial charge in [-0.1, -0.05) is 13.0 Å². The molecule has 5 nitrogen and oxygen atoms in total. The van der Waals surface area contributed by atoms with Crippen molar-refractivity contribution >= 4 is 11.1 Å². The van der Waals surface area contributed by atoms with Crippen molar-refractivity contribution < 1.29 is 9.15 Å². The summed E-state index contributed by atoms with van der Waals surface area (Å²) in [6, 6.07) is 7.97. The van der Waals surface area contributed by atoms with Gasteiger partial charge in [-0.2, -0.15) is 5.26 Å². The quantitative estimate of drug-likeness (QED) is 0.912. The molecule has 1 fully saturated rings. The van der Waals surface area contributed by atoms with Crippen molar-refractivity contribution in [3.63, 3.8) is 0 Å². The van der Waals surface area contributed by atoms with Gasteiger partial charge in [0.25, 0.3) is 0 Å². The van der Waals surface area contributed by atoms with E-state index in [0.29, 0.717) is 24.3 Å². The molecule has 0 aliphatic carbocycles. The van der Waals surface area contributed by atoms with E-state index < -0.39 is 5.76 Å². The summed E-state index contributed by atoms with van der Waals surface area (Å²) in [7, 11) is 0. The standard InChI is InChI=1S/C14H14N2O3/c1-2-9(6-15)14(7-18-8-14)10-3-4-11-12(5-10)19-13(17)16-11/h3-5,9H,2,7-8H2,1H3,(H,16,17). The SMILES string of the molecule is CCC(C#N)C1(c2ccc3[nH]c(=O)oc3c2)COC1. The third-order valence-corrected chi connectivity index (χ3v) is 3.95. The summed E-state index contributed by atoms with van der Waals surface area (Å²) in [6.07, 6.45) is 0.773. The largest absolute Gasteiger partial charge is 0.417 e. The molecule has 0 bridgehead atoms. The Labute approximate surface area is 109 Å². The van der Waals surface area contributed by atoms with Gasteiger partial charge >= 0.3 is 5.76 Å².